The molecule has 214 valence electrons. The Hall–Kier alpha value is -4.27. The fraction of sp³-hybridized carbons (Fsp3) is 0.375. The van der Waals surface area contributed by atoms with Gasteiger partial charge in [-0.3, -0.25) is 19.5 Å². The molecule has 1 aromatic heterocycles. The zero-order valence-corrected chi connectivity index (χ0v) is 23.1. The van der Waals surface area contributed by atoms with Crippen molar-refractivity contribution in [1.29, 1.82) is 0 Å². The molecule has 3 aromatic rings. The maximum Gasteiger partial charge on any atom is 0.407 e. The number of hydrogen-bond acceptors (Lipinski definition) is 4. The second-order valence-electron chi connectivity index (χ2n) is 11.3. The zero-order valence-electron chi connectivity index (χ0n) is 23.1. The summed E-state index contributed by atoms with van der Waals surface area (Å²) in [5, 5.41) is 12.9. The smallest absolute Gasteiger partial charge is 0.407 e. The van der Waals surface area contributed by atoms with Crippen molar-refractivity contribution >= 4 is 17.9 Å². The molecule has 5 rings (SSSR count). The lowest BCUT2D eigenvalue weighted by Crippen LogP contribution is -2.64. The number of amides is 3. The second kappa shape index (κ2) is 12.1. The highest BCUT2D eigenvalue weighted by Gasteiger charge is 2.43. The summed E-state index contributed by atoms with van der Waals surface area (Å²) in [6.45, 7) is 2.93. The van der Waals surface area contributed by atoms with Crippen molar-refractivity contribution in [3.63, 3.8) is 0 Å². The number of carbonyl (C=O) groups is 3. The summed E-state index contributed by atoms with van der Waals surface area (Å²) in [5.74, 6) is -0.646. The second-order valence-corrected chi connectivity index (χ2v) is 11.3. The Morgan fingerprint density at radius 3 is 2.41 bits per heavy atom. The third-order valence-electron chi connectivity index (χ3n) is 8.30. The predicted molar refractivity (Wildman–Crippen MR) is 153 cm³/mol. The highest BCUT2D eigenvalue weighted by molar-refractivity contribution is 5.94. The lowest BCUT2D eigenvalue weighted by Gasteiger charge is -2.48. The standard InChI is InChI=1S/C32H35FN4O4/c1-32(19-22-6-3-2-4-7-22)21-36(16-17-37(32)31(40)41)30(39)23-10-13-27(14-11-23)35-29(38)25-12-15-28(34-20-25)24-8-5-9-26(33)18-24/h2-9,12,15,18,20,23,27H,10-11,13-14,16-17,19,21H2,1H3,(H,35,38)(H,40,41)/t23?,27?,32-/m1/s1. The van der Waals surface area contributed by atoms with Gasteiger partial charge in [0, 0.05) is 43.4 Å². The van der Waals surface area contributed by atoms with Crippen LogP contribution in [0.15, 0.2) is 72.9 Å². The van der Waals surface area contributed by atoms with E-state index in [1.807, 2.05) is 42.2 Å². The van der Waals surface area contributed by atoms with Crippen LogP contribution < -0.4 is 5.32 Å². The van der Waals surface area contributed by atoms with E-state index in [9.17, 15) is 23.9 Å². The minimum atomic E-state index is -0.967. The van der Waals surface area contributed by atoms with Crippen LogP contribution in [0.4, 0.5) is 9.18 Å². The van der Waals surface area contributed by atoms with Crippen molar-refractivity contribution in [3.05, 3.63) is 89.9 Å². The molecule has 1 saturated heterocycles. The van der Waals surface area contributed by atoms with Crippen molar-refractivity contribution in [1.82, 2.24) is 20.1 Å². The van der Waals surface area contributed by atoms with Crippen molar-refractivity contribution < 1.29 is 23.9 Å². The van der Waals surface area contributed by atoms with Gasteiger partial charge in [-0.1, -0.05) is 42.5 Å². The highest BCUT2D eigenvalue weighted by atomic mass is 19.1. The first-order valence-corrected chi connectivity index (χ1v) is 14.1. The van der Waals surface area contributed by atoms with E-state index in [-0.39, 0.29) is 36.1 Å². The quantitative estimate of drug-likeness (QED) is 0.443. The van der Waals surface area contributed by atoms with Crippen LogP contribution in [-0.2, 0) is 11.2 Å². The highest BCUT2D eigenvalue weighted by Crippen LogP contribution is 2.31. The fourth-order valence-electron chi connectivity index (χ4n) is 6.13. The van der Waals surface area contributed by atoms with E-state index in [0.717, 1.165) is 5.56 Å². The summed E-state index contributed by atoms with van der Waals surface area (Å²) >= 11 is 0. The third-order valence-corrected chi connectivity index (χ3v) is 8.30. The number of nitrogens with one attached hydrogen (secondary N) is 1. The molecule has 0 unspecified atom stereocenters. The van der Waals surface area contributed by atoms with Crippen LogP contribution >= 0.6 is 0 Å². The molecule has 1 aliphatic heterocycles. The number of aromatic nitrogens is 1. The molecule has 1 aliphatic carbocycles. The summed E-state index contributed by atoms with van der Waals surface area (Å²) in [7, 11) is 0. The predicted octanol–water partition coefficient (Wildman–Crippen LogP) is 5.00. The van der Waals surface area contributed by atoms with Gasteiger partial charge in [-0.05, 0) is 68.9 Å². The monoisotopic (exact) mass is 558 g/mol. The topological polar surface area (TPSA) is 103 Å². The lowest BCUT2D eigenvalue weighted by atomic mass is 9.83. The number of benzene rings is 2. The van der Waals surface area contributed by atoms with Gasteiger partial charge in [-0.15, -0.1) is 0 Å². The number of carboxylic acid groups (broad SMARTS) is 1. The average molecular weight is 559 g/mol. The molecule has 1 atom stereocenters. The van der Waals surface area contributed by atoms with Gasteiger partial charge in [0.1, 0.15) is 5.82 Å². The van der Waals surface area contributed by atoms with E-state index in [2.05, 4.69) is 10.3 Å². The first-order chi connectivity index (χ1) is 19.7. The Balaban J connectivity index is 1.15. The Morgan fingerprint density at radius 2 is 1.76 bits per heavy atom. The van der Waals surface area contributed by atoms with E-state index < -0.39 is 11.6 Å². The van der Waals surface area contributed by atoms with Gasteiger partial charge in [0.05, 0.1) is 16.8 Å². The number of rotatable bonds is 6. The van der Waals surface area contributed by atoms with Crippen LogP contribution in [0.2, 0.25) is 0 Å². The molecule has 2 N–H and O–H groups in total. The van der Waals surface area contributed by atoms with Gasteiger partial charge in [0.15, 0.2) is 0 Å². The molecular formula is C32H35FN4O4. The Kier molecular flexibility index (Phi) is 8.33. The van der Waals surface area contributed by atoms with Crippen LogP contribution in [0, 0.1) is 11.7 Å². The molecule has 3 amide bonds. The molecule has 2 aromatic carbocycles. The van der Waals surface area contributed by atoms with Crippen molar-refractivity contribution in [3.8, 4) is 11.3 Å². The third kappa shape index (κ3) is 6.56. The fourth-order valence-corrected chi connectivity index (χ4v) is 6.13. The molecule has 2 aliphatic rings. The molecule has 0 spiro atoms. The van der Waals surface area contributed by atoms with Gasteiger partial charge < -0.3 is 15.3 Å². The Morgan fingerprint density at radius 1 is 1.00 bits per heavy atom. The summed E-state index contributed by atoms with van der Waals surface area (Å²) in [6.07, 6.45) is 3.75. The molecule has 41 heavy (non-hydrogen) atoms. The maximum atomic E-state index is 13.5. The zero-order chi connectivity index (χ0) is 29.0. The van der Waals surface area contributed by atoms with E-state index >= 15 is 0 Å². The Bertz CT molecular complexity index is 1390. The van der Waals surface area contributed by atoms with Gasteiger partial charge in [-0.2, -0.15) is 0 Å². The number of carbonyl (C=O) groups excluding carboxylic acids is 2. The minimum Gasteiger partial charge on any atom is -0.465 e. The SMILES string of the molecule is C[C@@]1(Cc2ccccc2)CN(C(=O)C2CCC(NC(=O)c3ccc(-c4cccc(F)c4)nc3)CC2)CCN1C(=O)O. The number of piperazine rings is 1. The van der Waals surface area contributed by atoms with E-state index in [1.54, 1.807) is 24.3 Å². The van der Waals surface area contributed by atoms with E-state index in [1.165, 1.54) is 23.2 Å². The molecule has 0 radical (unpaired) electrons. The van der Waals surface area contributed by atoms with E-state index in [4.69, 9.17) is 0 Å². The number of hydrogen-bond donors (Lipinski definition) is 2. The average Bonchev–Trinajstić information content (AvgIpc) is 2.97. The van der Waals surface area contributed by atoms with Crippen molar-refractivity contribution in [2.45, 2.75) is 50.6 Å². The number of pyridine rings is 1. The van der Waals surface area contributed by atoms with Crippen LogP contribution in [0.25, 0.3) is 11.3 Å². The summed E-state index contributed by atoms with van der Waals surface area (Å²) in [6, 6.07) is 19.3. The summed E-state index contributed by atoms with van der Waals surface area (Å²) in [5.41, 5.74) is 1.97. The van der Waals surface area contributed by atoms with Crippen LogP contribution in [0.3, 0.4) is 0 Å². The van der Waals surface area contributed by atoms with Crippen LogP contribution in [-0.4, -0.2) is 69.0 Å². The number of halogens is 1. The molecule has 1 saturated carbocycles. The minimum absolute atomic E-state index is 0.0401. The maximum absolute atomic E-state index is 13.5. The first kappa shape index (κ1) is 28.3. The molecular weight excluding hydrogens is 523 g/mol. The largest absolute Gasteiger partial charge is 0.465 e. The van der Waals surface area contributed by atoms with Crippen LogP contribution in [0.1, 0.15) is 48.5 Å². The number of nitrogens with zero attached hydrogens (tertiary/aromatic N) is 3. The van der Waals surface area contributed by atoms with Gasteiger partial charge in [0.25, 0.3) is 5.91 Å². The normalized spacial score (nSPS) is 22.7. The van der Waals surface area contributed by atoms with Crippen molar-refractivity contribution in [2.24, 2.45) is 5.92 Å². The first-order valence-electron chi connectivity index (χ1n) is 14.1. The van der Waals surface area contributed by atoms with Gasteiger partial charge in [-0.25, -0.2) is 9.18 Å². The van der Waals surface area contributed by atoms with Gasteiger partial charge >= 0.3 is 6.09 Å². The summed E-state index contributed by atoms with van der Waals surface area (Å²) < 4.78 is 13.5. The molecule has 0 bridgehead atoms. The van der Waals surface area contributed by atoms with Crippen LogP contribution in [0.5, 0.6) is 0 Å². The molecule has 9 heteroatoms. The molecule has 2 heterocycles. The van der Waals surface area contributed by atoms with Crippen molar-refractivity contribution in [2.75, 3.05) is 19.6 Å². The van der Waals surface area contributed by atoms with Gasteiger partial charge in [0.2, 0.25) is 5.91 Å². The summed E-state index contributed by atoms with van der Waals surface area (Å²) in [4.78, 5) is 46.0. The van der Waals surface area contributed by atoms with E-state index in [0.29, 0.717) is 62.0 Å². The molecule has 2 fully saturated rings. The Labute approximate surface area is 239 Å². The molecule has 8 nitrogen and oxygen atoms in total. The lowest BCUT2D eigenvalue weighted by molar-refractivity contribution is -0.141.